The van der Waals surface area contributed by atoms with Gasteiger partial charge in [0.05, 0.1) is 5.56 Å². The summed E-state index contributed by atoms with van der Waals surface area (Å²) in [6, 6.07) is 7.70. The minimum absolute atomic E-state index is 0.361. The summed E-state index contributed by atoms with van der Waals surface area (Å²) in [6.45, 7) is 5.15. The lowest BCUT2D eigenvalue weighted by atomic mass is 10.0. The topological polar surface area (TPSA) is 49.3 Å². The van der Waals surface area contributed by atoms with Crippen molar-refractivity contribution in [1.29, 1.82) is 0 Å². The van der Waals surface area contributed by atoms with Crippen LogP contribution in [0, 0.1) is 0 Å². The lowest BCUT2D eigenvalue weighted by molar-refractivity contribution is 0.0696. The Hall–Kier alpha value is -1.35. The molecule has 0 saturated heterocycles. The fourth-order valence-corrected chi connectivity index (χ4v) is 2.22. The van der Waals surface area contributed by atoms with Crippen LogP contribution in [0.15, 0.2) is 24.3 Å². The van der Waals surface area contributed by atoms with Crippen LogP contribution in [0.4, 0.5) is 0 Å². The Bertz CT molecular complexity index is 390. The van der Waals surface area contributed by atoms with Crippen molar-refractivity contribution in [2.45, 2.75) is 58.5 Å². The molecule has 3 nitrogen and oxygen atoms in total. The average molecular weight is 263 g/mol. The van der Waals surface area contributed by atoms with Crippen LogP contribution in [0.25, 0.3) is 0 Å². The summed E-state index contributed by atoms with van der Waals surface area (Å²) in [4.78, 5) is 10.9. The minimum Gasteiger partial charge on any atom is -0.478 e. The Kier molecular flexibility index (Phi) is 7.19. The van der Waals surface area contributed by atoms with Crippen molar-refractivity contribution in [3.05, 3.63) is 35.4 Å². The molecule has 1 unspecified atom stereocenters. The predicted octanol–water partition coefficient (Wildman–Crippen LogP) is 3.83. The van der Waals surface area contributed by atoms with E-state index in [1.165, 1.54) is 32.1 Å². The van der Waals surface area contributed by atoms with Crippen molar-refractivity contribution in [2.75, 3.05) is 0 Å². The van der Waals surface area contributed by atoms with Crippen molar-refractivity contribution >= 4 is 5.97 Å². The van der Waals surface area contributed by atoms with Gasteiger partial charge in [-0.15, -0.1) is 0 Å². The van der Waals surface area contributed by atoms with Crippen LogP contribution in [0.1, 0.15) is 61.9 Å². The third-order valence-corrected chi connectivity index (χ3v) is 3.31. The van der Waals surface area contributed by atoms with E-state index in [0.717, 1.165) is 12.1 Å². The van der Waals surface area contributed by atoms with Gasteiger partial charge in [0.2, 0.25) is 0 Å². The second kappa shape index (κ2) is 8.70. The largest absolute Gasteiger partial charge is 0.478 e. The fraction of sp³-hybridized carbons (Fsp3) is 0.562. The van der Waals surface area contributed by atoms with Gasteiger partial charge in [0, 0.05) is 12.6 Å². The van der Waals surface area contributed by atoms with Crippen LogP contribution in [0.5, 0.6) is 0 Å². The summed E-state index contributed by atoms with van der Waals surface area (Å²) in [7, 11) is 0. The van der Waals surface area contributed by atoms with E-state index in [4.69, 9.17) is 5.11 Å². The van der Waals surface area contributed by atoms with Gasteiger partial charge in [0.15, 0.2) is 0 Å². The number of carboxylic acid groups (broad SMARTS) is 1. The van der Waals surface area contributed by atoms with Crippen LogP contribution in [-0.4, -0.2) is 17.1 Å². The molecule has 1 atom stereocenters. The van der Waals surface area contributed by atoms with E-state index in [-0.39, 0.29) is 0 Å². The molecule has 0 heterocycles. The smallest absolute Gasteiger partial charge is 0.335 e. The van der Waals surface area contributed by atoms with Crippen LogP contribution < -0.4 is 5.32 Å². The molecule has 0 aliphatic heterocycles. The first-order valence-electron chi connectivity index (χ1n) is 7.23. The highest BCUT2D eigenvalue weighted by Crippen LogP contribution is 2.10. The maximum absolute atomic E-state index is 10.9. The van der Waals surface area contributed by atoms with Gasteiger partial charge in [-0.2, -0.15) is 0 Å². The zero-order valence-corrected chi connectivity index (χ0v) is 12.0. The molecule has 106 valence electrons. The van der Waals surface area contributed by atoms with Gasteiger partial charge in [-0.3, -0.25) is 0 Å². The number of hydrogen-bond acceptors (Lipinski definition) is 2. The third kappa shape index (κ3) is 5.88. The first-order chi connectivity index (χ1) is 9.17. The van der Waals surface area contributed by atoms with Gasteiger partial charge in [-0.05, 0) is 30.5 Å². The highest BCUT2D eigenvalue weighted by Gasteiger charge is 2.07. The number of carboxylic acids is 1. The normalized spacial score (nSPS) is 12.3. The quantitative estimate of drug-likeness (QED) is 0.712. The first-order valence-corrected chi connectivity index (χ1v) is 7.23. The lowest BCUT2D eigenvalue weighted by Crippen LogP contribution is -2.28. The van der Waals surface area contributed by atoms with Gasteiger partial charge >= 0.3 is 5.97 Å². The zero-order valence-electron chi connectivity index (χ0n) is 12.0. The highest BCUT2D eigenvalue weighted by atomic mass is 16.4. The Morgan fingerprint density at radius 2 is 2.05 bits per heavy atom. The second-order valence-corrected chi connectivity index (χ2v) is 5.01. The number of nitrogens with one attached hydrogen (secondary N) is 1. The molecule has 19 heavy (non-hydrogen) atoms. The third-order valence-electron chi connectivity index (χ3n) is 3.31. The van der Waals surface area contributed by atoms with E-state index in [0.29, 0.717) is 11.6 Å². The number of hydrogen-bond donors (Lipinski definition) is 2. The van der Waals surface area contributed by atoms with E-state index in [9.17, 15) is 4.79 Å². The van der Waals surface area contributed by atoms with Crippen molar-refractivity contribution < 1.29 is 9.90 Å². The van der Waals surface area contributed by atoms with Gasteiger partial charge in [-0.25, -0.2) is 4.79 Å². The molecular formula is C16H25NO2. The SMILES string of the molecule is CCCCC(CCC)NCc1cccc(C(=O)O)c1. The van der Waals surface area contributed by atoms with Crippen molar-refractivity contribution in [3.63, 3.8) is 0 Å². The fourth-order valence-electron chi connectivity index (χ4n) is 2.22. The Morgan fingerprint density at radius 1 is 1.26 bits per heavy atom. The van der Waals surface area contributed by atoms with Crippen LogP contribution in [0.2, 0.25) is 0 Å². The number of benzene rings is 1. The number of aromatic carboxylic acids is 1. The standard InChI is InChI=1S/C16H25NO2/c1-3-5-10-15(7-4-2)17-12-13-8-6-9-14(11-13)16(18)19/h6,8-9,11,15,17H,3-5,7,10,12H2,1-2H3,(H,18,19). The molecule has 0 fully saturated rings. The molecule has 2 N–H and O–H groups in total. The van der Waals surface area contributed by atoms with E-state index >= 15 is 0 Å². The summed E-state index contributed by atoms with van der Waals surface area (Å²) < 4.78 is 0. The maximum Gasteiger partial charge on any atom is 0.335 e. The van der Waals surface area contributed by atoms with Crippen molar-refractivity contribution in [3.8, 4) is 0 Å². The van der Waals surface area contributed by atoms with Crippen LogP contribution in [-0.2, 0) is 6.54 Å². The molecule has 0 saturated carbocycles. The molecule has 0 bridgehead atoms. The van der Waals surface area contributed by atoms with Crippen molar-refractivity contribution in [2.24, 2.45) is 0 Å². The van der Waals surface area contributed by atoms with Crippen LogP contribution in [0.3, 0.4) is 0 Å². The number of rotatable bonds is 9. The van der Waals surface area contributed by atoms with E-state index in [2.05, 4.69) is 19.2 Å². The van der Waals surface area contributed by atoms with Gasteiger partial charge in [0.1, 0.15) is 0 Å². The molecule has 0 aliphatic carbocycles. The Balaban J connectivity index is 2.53. The van der Waals surface area contributed by atoms with E-state index < -0.39 is 5.97 Å². The van der Waals surface area contributed by atoms with Crippen LogP contribution >= 0.6 is 0 Å². The lowest BCUT2D eigenvalue weighted by Gasteiger charge is -2.18. The molecule has 0 spiro atoms. The van der Waals surface area contributed by atoms with Crippen molar-refractivity contribution in [1.82, 2.24) is 5.32 Å². The molecule has 0 aromatic heterocycles. The summed E-state index contributed by atoms with van der Waals surface area (Å²) >= 11 is 0. The predicted molar refractivity (Wildman–Crippen MR) is 78.5 cm³/mol. The van der Waals surface area contributed by atoms with Gasteiger partial charge in [0.25, 0.3) is 0 Å². The first kappa shape index (κ1) is 15.7. The Morgan fingerprint density at radius 3 is 2.68 bits per heavy atom. The Labute approximate surface area is 116 Å². The molecule has 1 rings (SSSR count). The number of unbranched alkanes of at least 4 members (excludes halogenated alkanes) is 1. The molecule has 1 aromatic rings. The highest BCUT2D eigenvalue weighted by molar-refractivity contribution is 5.87. The molecule has 0 aliphatic rings. The van der Waals surface area contributed by atoms with Gasteiger partial charge < -0.3 is 10.4 Å². The molecule has 3 heteroatoms. The van der Waals surface area contributed by atoms with E-state index in [1.54, 1.807) is 18.2 Å². The summed E-state index contributed by atoms with van der Waals surface area (Å²) in [5, 5.41) is 12.5. The average Bonchev–Trinajstić information content (AvgIpc) is 2.42. The monoisotopic (exact) mass is 263 g/mol. The maximum atomic E-state index is 10.9. The molecule has 1 aromatic carbocycles. The summed E-state index contributed by atoms with van der Waals surface area (Å²) in [5.74, 6) is -0.863. The second-order valence-electron chi connectivity index (χ2n) is 5.01. The summed E-state index contributed by atoms with van der Waals surface area (Å²) in [5.41, 5.74) is 1.40. The minimum atomic E-state index is -0.863. The molecule has 0 amide bonds. The van der Waals surface area contributed by atoms with Gasteiger partial charge in [-0.1, -0.05) is 45.2 Å². The van der Waals surface area contributed by atoms with E-state index in [1.807, 2.05) is 6.07 Å². The number of carbonyl (C=O) groups is 1. The molecular weight excluding hydrogens is 238 g/mol. The molecule has 0 radical (unpaired) electrons. The summed E-state index contributed by atoms with van der Waals surface area (Å²) in [6.07, 6.45) is 6.02. The zero-order chi connectivity index (χ0) is 14.1.